The quantitative estimate of drug-likeness (QED) is 0.829. The summed E-state index contributed by atoms with van der Waals surface area (Å²) >= 11 is 0. The maximum absolute atomic E-state index is 6.05. The third-order valence-electron chi connectivity index (χ3n) is 3.19. The van der Waals surface area contributed by atoms with E-state index in [9.17, 15) is 0 Å². The van der Waals surface area contributed by atoms with Crippen LogP contribution in [0, 0.1) is 12.8 Å². The fraction of sp³-hybridized carbons (Fsp3) is 0.818. The van der Waals surface area contributed by atoms with E-state index in [1.807, 2.05) is 0 Å². The van der Waals surface area contributed by atoms with Crippen LogP contribution in [0.3, 0.4) is 0 Å². The second kappa shape index (κ2) is 4.75. The molecule has 1 saturated carbocycles. The van der Waals surface area contributed by atoms with Gasteiger partial charge in [0, 0.05) is 6.92 Å². The van der Waals surface area contributed by atoms with Crippen molar-refractivity contribution in [2.75, 3.05) is 0 Å². The summed E-state index contributed by atoms with van der Waals surface area (Å²) < 4.78 is 4.93. The van der Waals surface area contributed by atoms with Gasteiger partial charge in [0.25, 0.3) is 0 Å². The number of nitrogens with two attached hydrogens (primary N) is 1. The zero-order valence-electron chi connectivity index (χ0n) is 9.28. The summed E-state index contributed by atoms with van der Waals surface area (Å²) in [4.78, 5) is 4.17. The molecular weight excluding hydrogens is 190 g/mol. The largest absolute Gasteiger partial charge is 0.340 e. The van der Waals surface area contributed by atoms with E-state index in [4.69, 9.17) is 10.3 Å². The Bertz CT molecular complexity index is 305. The molecule has 0 aromatic carbocycles. The van der Waals surface area contributed by atoms with Crippen LogP contribution >= 0.6 is 0 Å². The Labute approximate surface area is 90.2 Å². The zero-order chi connectivity index (χ0) is 10.7. The molecule has 15 heavy (non-hydrogen) atoms. The van der Waals surface area contributed by atoms with Crippen molar-refractivity contribution in [2.45, 2.75) is 51.5 Å². The Morgan fingerprint density at radius 1 is 1.40 bits per heavy atom. The van der Waals surface area contributed by atoms with Gasteiger partial charge in [-0.15, -0.1) is 0 Å². The fourth-order valence-corrected chi connectivity index (χ4v) is 2.35. The molecule has 1 fully saturated rings. The first kappa shape index (κ1) is 10.6. The van der Waals surface area contributed by atoms with Crippen LogP contribution in [0.25, 0.3) is 0 Å². The van der Waals surface area contributed by atoms with Gasteiger partial charge in [0.05, 0.1) is 6.04 Å². The maximum atomic E-state index is 6.05. The lowest BCUT2D eigenvalue weighted by Crippen LogP contribution is -2.18. The van der Waals surface area contributed by atoms with E-state index in [1.54, 1.807) is 6.92 Å². The SMILES string of the molecule is Cc1nc(C(N)CC2CCCCC2)no1. The molecule has 0 saturated heterocycles. The van der Waals surface area contributed by atoms with E-state index in [0.29, 0.717) is 11.7 Å². The number of aryl methyl sites for hydroxylation is 1. The molecular formula is C11H19N3O. The predicted octanol–water partition coefficient (Wildman–Crippen LogP) is 2.35. The van der Waals surface area contributed by atoms with E-state index in [1.165, 1.54) is 32.1 Å². The second-order valence-electron chi connectivity index (χ2n) is 4.52. The highest BCUT2D eigenvalue weighted by Gasteiger charge is 2.20. The number of hydrogen-bond acceptors (Lipinski definition) is 4. The molecule has 1 atom stereocenters. The molecule has 2 rings (SSSR count). The molecule has 4 heteroatoms. The highest BCUT2D eigenvalue weighted by molar-refractivity contribution is 4.92. The average Bonchev–Trinajstić information content (AvgIpc) is 2.66. The fourth-order valence-electron chi connectivity index (χ4n) is 2.35. The van der Waals surface area contributed by atoms with Crippen LogP contribution in [0.15, 0.2) is 4.52 Å². The van der Waals surface area contributed by atoms with Crippen molar-refractivity contribution in [3.63, 3.8) is 0 Å². The lowest BCUT2D eigenvalue weighted by molar-refractivity contribution is 0.310. The average molecular weight is 209 g/mol. The number of hydrogen-bond donors (Lipinski definition) is 1. The maximum Gasteiger partial charge on any atom is 0.223 e. The first-order chi connectivity index (χ1) is 7.25. The first-order valence-electron chi connectivity index (χ1n) is 5.81. The van der Waals surface area contributed by atoms with Gasteiger partial charge in [-0.1, -0.05) is 37.3 Å². The van der Waals surface area contributed by atoms with E-state index in [-0.39, 0.29) is 6.04 Å². The third-order valence-corrected chi connectivity index (χ3v) is 3.19. The van der Waals surface area contributed by atoms with Crippen LogP contribution in [0.1, 0.15) is 56.3 Å². The number of rotatable bonds is 3. The molecule has 84 valence electrons. The smallest absolute Gasteiger partial charge is 0.223 e. The summed E-state index contributed by atoms with van der Waals surface area (Å²) in [6, 6.07) is -0.0504. The second-order valence-corrected chi connectivity index (χ2v) is 4.52. The predicted molar refractivity (Wildman–Crippen MR) is 57.2 cm³/mol. The minimum absolute atomic E-state index is 0.0504. The molecule has 4 nitrogen and oxygen atoms in total. The highest BCUT2D eigenvalue weighted by atomic mass is 16.5. The Morgan fingerprint density at radius 2 is 2.13 bits per heavy atom. The number of nitrogens with zero attached hydrogens (tertiary/aromatic N) is 2. The molecule has 0 spiro atoms. The molecule has 0 amide bonds. The summed E-state index contributed by atoms with van der Waals surface area (Å²) in [5.41, 5.74) is 6.05. The van der Waals surface area contributed by atoms with Crippen LogP contribution in [0.2, 0.25) is 0 Å². The Hall–Kier alpha value is -0.900. The molecule has 1 heterocycles. The molecule has 1 aromatic rings. The van der Waals surface area contributed by atoms with Gasteiger partial charge in [-0.25, -0.2) is 0 Å². The van der Waals surface area contributed by atoms with Crippen LogP contribution in [-0.4, -0.2) is 10.1 Å². The first-order valence-corrected chi connectivity index (χ1v) is 5.81. The van der Waals surface area contributed by atoms with Gasteiger partial charge in [-0.3, -0.25) is 0 Å². The normalized spacial score (nSPS) is 20.4. The zero-order valence-corrected chi connectivity index (χ0v) is 9.28. The summed E-state index contributed by atoms with van der Waals surface area (Å²) in [5, 5.41) is 3.87. The molecule has 1 aromatic heterocycles. The summed E-state index contributed by atoms with van der Waals surface area (Å²) in [6.45, 7) is 1.80. The number of aromatic nitrogens is 2. The van der Waals surface area contributed by atoms with Gasteiger partial charge in [0.2, 0.25) is 5.89 Å². The van der Waals surface area contributed by atoms with Crippen molar-refractivity contribution < 1.29 is 4.52 Å². The van der Waals surface area contributed by atoms with Gasteiger partial charge in [-0.2, -0.15) is 4.98 Å². The summed E-state index contributed by atoms with van der Waals surface area (Å²) in [5.74, 6) is 2.02. The topological polar surface area (TPSA) is 64.9 Å². The Morgan fingerprint density at radius 3 is 2.73 bits per heavy atom. The molecule has 0 aliphatic heterocycles. The lowest BCUT2D eigenvalue weighted by Gasteiger charge is -2.23. The van der Waals surface area contributed by atoms with E-state index >= 15 is 0 Å². The van der Waals surface area contributed by atoms with Crippen LogP contribution in [0.4, 0.5) is 0 Å². The van der Waals surface area contributed by atoms with Crippen molar-refractivity contribution in [1.82, 2.24) is 10.1 Å². The minimum atomic E-state index is -0.0504. The van der Waals surface area contributed by atoms with Crippen molar-refractivity contribution in [2.24, 2.45) is 11.7 Å². The van der Waals surface area contributed by atoms with Crippen LogP contribution in [0.5, 0.6) is 0 Å². The van der Waals surface area contributed by atoms with Gasteiger partial charge in [-0.05, 0) is 12.3 Å². The van der Waals surface area contributed by atoms with Gasteiger partial charge >= 0.3 is 0 Å². The summed E-state index contributed by atoms with van der Waals surface area (Å²) in [6.07, 6.45) is 7.70. The van der Waals surface area contributed by atoms with E-state index < -0.39 is 0 Å². The Kier molecular flexibility index (Phi) is 3.36. The monoisotopic (exact) mass is 209 g/mol. The third kappa shape index (κ3) is 2.78. The molecule has 1 aliphatic rings. The standard InChI is InChI=1S/C11H19N3O/c1-8-13-11(14-15-8)10(12)7-9-5-3-2-4-6-9/h9-10H,2-7,12H2,1H3. The van der Waals surface area contributed by atoms with Crippen LogP contribution in [-0.2, 0) is 0 Å². The lowest BCUT2D eigenvalue weighted by atomic mass is 9.85. The molecule has 0 bridgehead atoms. The van der Waals surface area contributed by atoms with E-state index in [2.05, 4.69) is 10.1 Å². The molecule has 0 radical (unpaired) electrons. The van der Waals surface area contributed by atoms with Crippen molar-refractivity contribution in [3.05, 3.63) is 11.7 Å². The van der Waals surface area contributed by atoms with Gasteiger partial charge < -0.3 is 10.3 Å². The Balaban J connectivity index is 1.88. The molecule has 2 N–H and O–H groups in total. The van der Waals surface area contributed by atoms with Crippen molar-refractivity contribution in [3.8, 4) is 0 Å². The van der Waals surface area contributed by atoms with E-state index in [0.717, 1.165) is 12.3 Å². The van der Waals surface area contributed by atoms with Crippen LogP contribution < -0.4 is 5.73 Å². The van der Waals surface area contributed by atoms with Gasteiger partial charge in [0.1, 0.15) is 0 Å². The van der Waals surface area contributed by atoms with Crippen molar-refractivity contribution in [1.29, 1.82) is 0 Å². The van der Waals surface area contributed by atoms with Gasteiger partial charge in [0.15, 0.2) is 5.82 Å². The molecule has 1 aliphatic carbocycles. The minimum Gasteiger partial charge on any atom is -0.340 e. The molecule has 1 unspecified atom stereocenters. The highest BCUT2D eigenvalue weighted by Crippen LogP contribution is 2.29. The van der Waals surface area contributed by atoms with Crippen molar-refractivity contribution >= 4 is 0 Å². The summed E-state index contributed by atoms with van der Waals surface area (Å²) in [7, 11) is 0.